The fourth-order valence-electron chi connectivity index (χ4n) is 3.61. The second-order valence-corrected chi connectivity index (χ2v) is 8.79. The molecule has 0 bridgehead atoms. The molecule has 2 aliphatic rings. The fourth-order valence-corrected chi connectivity index (χ4v) is 5.13. The van der Waals surface area contributed by atoms with Gasteiger partial charge < -0.3 is 4.90 Å². The minimum Gasteiger partial charge on any atom is -0.339 e. The number of sulfonamides is 1. The highest BCUT2D eigenvalue weighted by Crippen LogP contribution is 2.29. The second kappa shape index (κ2) is 8.52. The van der Waals surface area contributed by atoms with E-state index in [1.54, 1.807) is 17.0 Å². The molecule has 29 heavy (non-hydrogen) atoms. The van der Waals surface area contributed by atoms with E-state index in [1.165, 1.54) is 17.7 Å². The van der Waals surface area contributed by atoms with Crippen LogP contribution >= 0.6 is 12.4 Å². The van der Waals surface area contributed by atoms with Gasteiger partial charge in [0.15, 0.2) is 0 Å². The minimum atomic E-state index is -3.95. The molecule has 0 aromatic heterocycles. The summed E-state index contributed by atoms with van der Waals surface area (Å²) < 4.78 is 25.9. The Morgan fingerprint density at radius 3 is 2.17 bits per heavy atom. The van der Waals surface area contributed by atoms with E-state index in [2.05, 4.69) is 17.0 Å². The maximum atomic E-state index is 12.7. The zero-order valence-corrected chi connectivity index (χ0v) is 17.4. The van der Waals surface area contributed by atoms with Gasteiger partial charge >= 0.3 is 0 Å². The third-order valence-electron chi connectivity index (χ3n) is 5.16. The van der Waals surface area contributed by atoms with E-state index in [0.29, 0.717) is 30.5 Å². The number of rotatable bonds is 4. The first-order valence-corrected chi connectivity index (χ1v) is 10.6. The molecule has 2 aromatic rings. The third-order valence-corrected chi connectivity index (χ3v) is 6.95. The van der Waals surface area contributed by atoms with Crippen molar-refractivity contribution in [3.63, 3.8) is 0 Å². The number of carbonyl (C=O) groups excluding carboxylic acids is 2. The summed E-state index contributed by atoms with van der Waals surface area (Å²) in [6.45, 7) is 2.82. The van der Waals surface area contributed by atoms with Gasteiger partial charge in [0, 0.05) is 32.7 Å². The van der Waals surface area contributed by atoms with Gasteiger partial charge in [-0.1, -0.05) is 42.5 Å². The first-order chi connectivity index (χ1) is 13.5. The number of amides is 2. The van der Waals surface area contributed by atoms with Crippen molar-refractivity contribution in [2.45, 2.75) is 11.4 Å². The Morgan fingerprint density at radius 1 is 0.897 bits per heavy atom. The number of halogens is 1. The van der Waals surface area contributed by atoms with Crippen LogP contribution in [0.1, 0.15) is 15.9 Å². The van der Waals surface area contributed by atoms with E-state index >= 15 is 0 Å². The van der Waals surface area contributed by atoms with E-state index in [1.807, 2.05) is 18.2 Å². The molecule has 0 N–H and O–H groups in total. The standard InChI is InChI=1S/C20H21N3O4S.ClH/c24-19(15-23-20(25)17-8-4-5-9-18(17)28(23,26)27)22-12-10-21(11-13-22)14-16-6-2-1-3-7-16;/h1-9H,10-15H2;1H. The molecule has 0 radical (unpaired) electrons. The van der Waals surface area contributed by atoms with Gasteiger partial charge in [0.05, 0.1) is 5.56 Å². The number of hydrogen-bond acceptors (Lipinski definition) is 5. The number of hydrogen-bond donors (Lipinski definition) is 0. The summed E-state index contributed by atoms with van der Waals surface area (Å²) in [5, 5.41) is 0. The van der Waals surface area contributed by atoms with E-state index in [-0.39, 0.29) is 28.8 Å². The van der Waals surface area contributed by atoms with Gasteiger partial charge in [-0.25, -0.2) is 12.7 Å². The van der Waals surface area contributed by atoms with Crippen LogP contribution in [0.3, 0.4) is 0 Å². The lowest BCUT2D eigenvalue weighted by Gasteiger charge is -2.35. The second-order valence-electron chi connectivity index (χ2n) is 6.96. The Morgan fingerprint density at radius 2 is 1.52 bits per heavy atom. The molecule has 0 spiro atoms. The molecule has 9 heteroatoms. The molecule has 0 unspecified atom stereocenters. The molecular weight excluding hydrogens is 414 g/mol. The van der Waals surface area contributed by atoms with Crippen LogP contribution in [0, 0.1) is 0 Å². The molecular formula is C20H22ClN3O4S. The summed E-state index contributed by atoms with van der Waals surface area (Å²) in [6.07, 6.45) is 0. The molecule has 4 rings (SSSR count). The largest absolute Gasteiger partial charge is 0.339 e. The van der Waals surface area contributed by atoms with Crippen molar-refractivity contribution in [3.05, 3.63) is 65.7 Å². The van der Waals surface area contributed by atoms with Crippen molar-refractivity contribution in [2.24, 2.45) is 0 Å². The van der Waals surface area contributed by atoms with Gasteiger partial charge in [-0.15, -0.1) is 12.4 Å². The molecule has 1 saturated heterocycles. The van der Waals surface area contributed by atoms with Crippen molar-refractivity contribution in [1.82, 2.24) is 14.1 Å². The predicted molar refractivity (Wildman–Crippen MR) is 110 cm³/mol. The first kappa shape index (κ1) is 21.3. The molecule has 2 amide bonds. The van der Waals surface area contributed by atoms with Crippen LogP contribution in [0.5, 0.6) is 0 Å². The topological polar surface area (TPSA) is 78.0 Å². The maximum Gasteiger partial charge on any atom is 0.269 e. The Bertz CT molecular complexity index is 1010. The maximum absolute atomic E-state index is 12.7. The quantitative estimate of drug-likeness (QED) is 0.728. The van der Waals surface area contributed by atoms with Gasteiger partial charge in [-0.05, 0) is 17.7 Å². The summed E-state index contributed by atoms with van der Waals surface area (Å²) in [6, 6.07) is 16.2. The van der Waals surface area contributed by atoms with Crippen molar-refractivity contribution in [2.75, 3.05) is 32.7 Å². The molecule has 0 aliphatic carbocycles. The molecule has 1 fully saturated rings. The molecule has 2 heterocycles. The molecule has 2 aromatic carbocycles. The van der Waals surface area contributed by atoms with Crippen LogP contribution in [0.4, 0.5) is 0 Å². The number of nitrogens with zero attached hydrogens (tertiary/aromatic N) is 3. The number of piperazine rings is 1. The monoisotopic (exact) mass is 435 g/mol. The van der Waals surface area contributed by atoms with Gasteiger partial charge in [-0.2, -0.15) is 0 Å². The van der Waals surface area contributed by atoms with Crippen molar-refractivity contribution >= 4 is 34.2 Å². The number of carbonyl (C=O) groups is 2. The Hall–Kier alpha value is -2.42. The van der Waals surface area contributed by atoms with Crippen LogP contribution < -0.4 is 0 Å². The summed E-state index contributed by atoms with van der Waals surface area (Å²) in [5.74, 6) is -0.976. The molecule has 2 aliphatic heterocycles. The Kier molecular flexibility index (Phi) is 6.26. The highest BCUT2D eigenvalue weighted by atomic mass is 35.5. The summed E-state index contributed by atoms with van der Waals surface area (Å²) >= 11 is 0. The lowest BCUT2D eigenvalue weighted by atomic mass is 10.2. The SMILES string of the molecule is Cl.O=C(CN1C(=O)c2ccccc2S1(=O)=O)N1CCN(Cc2ccccc2)CC1. The normalized spacial score (nSPS) is 18.3. The Labute approximate surface area is 176 Å². The van der Waals surface area contributed by atoms with Gasteiger partial charge in [0.1, 0.15) is 11.4 Å². The van der Waals surface area contributed by atoms with Crippen LogP contribution in [-0.2, 0) is 21.4 Å². The lowest BCUT2D eigenvalue weighted by Crippen LogP contribution is -2.51. The zero-order chi connectivity index (χ0) is 19.7. The Balaban J connectivity index is 0.00000240. The smallest absolute Gasteiger partial charge is 0.269 e. The highest BCUT2D eigenvalue weighted by Gasteiger charge is 2.42. The van der Waals surface area contributed by atoms with E-state index < -0.39 is 22.5 Å². The van der Waals surface area contributed by atoms with E-state index in [4.69, 9.17) is 0 Å². The van der Waals surface area contributed by atoms with Crippen molar-refractivity contribution < 1.29 is 18.0 Å². The van der Waals surface area contributed by atoms with Gasteiger partial charge in [-0.3, -0.25) is 14.5 Å². The van der Waals surface area contributed by atoms with Gasteiger partial charge in [0.25, 0.3) is 15.9 Å². The fraction of sp³-hybridized carbons (Fsp3) is 0.300. The van der Waals surface area contributed by atoms with Crippen molar-refractivity contribution in [3.8, 4) is 0 Å². The number of benzene rings is 2. The molecule has 0 saturated carbocycles. The minimum absolute atomic E-state index is 0. The average Bonchev–Trinajstić information content (AvgIpc) is 2.90. The first-order valence-electron chi connectivity index (χ1n) is 9.17. The highest BCUT2D eigenvalue weighted by molar-refractivity contribution is 7.90. The summed E-state index contributed by atoms with van der Waals surface area (Å²) in [5.41, 5.74) is 1.34. The molecule has 0 atom stereocenters. The molecule has 7 nitrogen and oxygen atoms in total. The summed E-state index contributed by atoms with van der Waals surface area (Å²) in [4.78, 5) is 29.0. The van der Waals surface area contributed by atoms with E-state index in [0.717, 1.165) is 6.54 Å². The third kappa shape index (κ3) is 4.14. The van der Waals surface area contributed by atoms with Crippen molar-refractivity contribution in [1.29, 1.82) is 0 Å². The predicted octanol–water partition coefficient (Wildman–Crippen LogP) is 1.60. The summed E-state index contributed by atoms with van der Waals surface area (Å²) in [7, 11) is -3.95. The van der Waals surface area contributed by atoms with Crippen LogP contribution in [0.2, 0.25) is 0 Å². The van der Waals surface area contributed by atoms with Crippen LogP contribution in [0.25, 0.3) is 0 Å². The zero-order valence-electron chi connectivity index (χ0n) is 15.7. The number of fused-ring (bicyclic) bond motifs is 1. The average molecular weight is 436 g/mol. The van der Waals surface area contributed by atoms with E-state index in [9.17, 15) is 18.0 Å². The van der Waals surface area contributed by atoms with Crippen LogP contribution in [0.15, 0.2) is 59.5 Å². The lowest BCUT2D eigenvalue weighted by molar-refractivity contribution is -0.132. The molecule has 154 valence electrons. The van der Waals surface area contributed by atoms with Gasteiger partial charge in [0.2, 0.25) is 5.91 Å². The van der Waals surface area contributed by atoms with Crippen LogP contribution in [-0.4, -0.2) is 67.1 Å².